The van der Waals surface area contributed by atoms with Gasteiger partial charge < -0.3 is 0 Å². The van der Waals surface area contributed by atoms with E-state index in [2.05, 4.69) is 12.0 Å². The monoisotopic (exact) mass is 310 g/mol. The highest BCUT2D eigenvalue weighted by Gasteiger charge is 2.42. The Kier molecular flexibility index (Phi) is 6.72. The molecule has 1 aromatic rings. The van der Waals surface area contributed by atoms with E-state index in [9.17, 15) is 9.00 Å². The molecule has 6 heteroatoms. The van der Waals surface area contributed by atoms with Gasteiger partial charge in [0.25, 0.3) is 0 Å². The molecule has 2 atom stereocenters. The lowest BCUT2D eigenvalue weighted by Gasteiger charge is -2.22. The Bertz CT molecular complexity index is 562. The SMILES string of the molecule is CCC#C[N+](OS(=O)OC(C)C)(C(C)=O)c1ccccc1. The van der Waals surface area contributed by atoms with E-state index >= 15 is 0 Å². The summed E-state index contributed by atoms with van der Waals surface area (Å²) in [5, 5.41) is 0. The molecular weight excluding hydrogens is 290 g/mol. The summed E-state index contributed by atoms with van der Waals surface area (Å²) in [5.41, 5.74) is 0.478. The molecule has 0 spiro atoms. The number of hydrogen-bond acceptors (Lipinski definition) is 4. The van der Waals surface area contributed by atoms with Crippen LogP contribution in [-0.2, 0) is 24.6 Å². The quantitative estimate of drug-likeness (QED) is 0.477. The van der Waals surface area contributed by atoms with Crippen LogP contribution in [0.4, 0.5) is 5.69 Å². The van der Waals surface area contributed by atoms with Crippen molar-refractivity contribution in [2.75, 3.05) is 0 Å². The van der Waals surface area contributed by atoms with Crippen LogP contribution >= 0.6 is 0 Å². The maximum absolute atomic E-state index is 12.1. The smallest absolute Gasteiger partial charge is 0.262 e. The molecule has 2 unspecified atom stereocenters. The van der Waals surface area contributed by atoms with Gasteiger partial charge in [0.2, 0.25) is 0 Å². The molecule has 114 valence electrons. The first-order valence-corrected chi connectivity index (χ1v) is 7.67. The first kappa shape index (κ1) is 17.5. The molecule has 5 nitrogen and oxygen atoms in total. The maximum Gasteiger partial charge on any atom is 0.362 e. The molecule has 0 saturated carbocycles. The number of benzene rings is 1. The van der Waals surface area contributed by atoms with Gasteiger partial charge in [0, 0.05) is 23.2 Å². The molecule has 0 bridgehead atoms. The number of carbonyl (C=O) groups excluding carboxylic acids is 1. The second-order valence-electron chi connectivity index (χ2n) is 4.53. The van der Waals surface area contributed by atoms with Crippen LogP contribution < -0.4 is 4.65 Å². The number of amides is 1. The van der Waals surface area contributed by atoms with Crippen molar-refractivity contribution in [2.45, 2.75) is 40.2 Å². The molecular formula is C15H20NO4S+. The zero-order valence-corrected chi connectivity index (χ0v) is 13.5. The molecule has 0 heterocycles. The van der Waals surface area contributed by atoms with Crippen LogP contribution in [0.3, 0.4) is 0 Å². The molecule has 1 rings (SSSR count). The minimum absolute atomic E-state index is 0.297. The number of nitrogens with zero attached hydrogens (tertiary/aromatic N) is 1. The van der Waals surface area contributed by atoms with Crippen molar-refractivity contribution in [1.29, 1.82) is 0 Å². The van der Waals surface area contributed by atoms with Crippen LogP contribution in [0.25, 0.3) is 0 Å². The van der Waals surface area contributed by atoms with Gasteiger partial charge in [-0.3, -0.25) is 4.18 Å². The standard InChI is InChI=1S/C15H20NO4S/c1-5-6-12-16(14(4)17,15-10-8-7-9-11-15)20-21(18)19-13(2)3/h7-11,13H,5H2,1-4H3/q+1. The van der Waals surface area contributed by atoms with E-state index in [1.165, 1.54) is 6.92 Å². The Balaban J connectivity index is 3.26. The molecule has 0 aliphatic heterocycles. The molecule has 0 aliphatic rings. The predicted octanol–water partition coefficient (Wildman–Crippen LogP) is 2.85. The lowest BCUT2D eigenvalue weighted by atomic mass is 10.3. The van der Waals surface area contributed by atoms with E-state index in [1.54, 1.807) is 38.1 Å². The van der Waals surface area contributed by atoms with Crippen LogP contribution in [0, 0.1) is 12.0 Å². The second kappa shape index (κ2) is 8.05. The third kappa shape index (κ3) is 4.76. The highest BCUT2D eigenvalue weighted by molar-refractivity contribution is 7.75. The maximum atomic E-state index is 12.1. The molecule has 0 saturated heterocycles. The van der Waals surface area contributed by atoms with Gasteiger partial charge in [0.05, 0.1) is 13.0 Å². The molecule has 1 aromatic carbocycles. The van der Waals surface area contributed by atoms with Gasteiger partial charge in [-0.25, -0.2) is 4.79 Å². The number of rotatable bonds is 5. The topological polar surface area (TPSA) is 52.6 Å². The number of carbonyl (C=O) groups is 1. The summed E-state index contributed by atoms with van der Waals surface area (Å²) in [7, 11) is 0. The van der Waals surface area contributed by atoms with Gasteiger partial charge in [0.15, 0.2) is 11.7 Å². The summed E-state index contributed by atoms with van der Waals surface area (Å²) in [5.74, 6) is 2.41. The molecule has 0 fully saturated rings. The van der Waals surface area contributed by atoms with E-state index < -0.39 is 21.9 Å². The summed E-state index contributed by atoms with van der Waals surface area (Å²) in [6, 6.07) is 11.5. The Morgan fingerprint density at radius 3 is 2.43 bits per heavy atom. The van der Waals surface area contributed by atoms with Crippen LogP contribution in [0.2, 0.25) is 0 Å². The lowest BCUT2D eigenvalue weighted by Crippen LogP contribution is -2.49. The fraction of sp³-hybridized carbons (Fsp3) is 0.400. The summed E-state index contributed by atoms with van der Waals surface area (Å²) in [4.78, 5) is 12.1. The number of para-hydroxylation sites is 1. The Morgan fingerprint density at radius 1 is 1.33 bits per heavy atom. The van der Waals surface area contributed by atoms with Crippen molar-refractivity contribution in [2.24, 2.45) is 0 Å². The zero-order valence-electron chi connectivity index (χ0n) is 12.7. The zero-order chi connectivity index (χ0) is 15.9. The Morgan fingerprint density at radius 2 is 1.95 bits per heavy atom. The lowest BCUT2D eigenvalue weighted by molar-refractivity contribution is -0.142. The van der Waals surface area contributed by atoms with Crippen molar-refractivity contribution in [3.63, 3.8) is 0 Å². The Labute approximate surface area is 128 Å². The molecule has 0 N–H and O–H groups in total. The van der Waals surface area contributed by atoms with E-state index in [-0.39, 0.29) is 6.10 Å². The van der Waals surface area contributed by atoms with Crippen LogP contribution in [0.15, 0.2) is 30.3 Å². The van der Waals surface area contributed by atoms with Gasteiger partial charge in [-0.15, -0.1) is 0 Å². The first-order chi connectivity index (χ1) is 9.92. The molecule has 0 radical (unpaired) electrons. The molecule has 21 heavy (non-hydrogen) atoms. The summed E-state index contributed by atoms with van der Waals surface area (Å²) < 4.78 is 21.6. The van der Waals surface area contributed by atoms with E-state index in [4.69, 9.17) is 8.47 Å². The molecule has 1 amide bonds. The van der Waals surface area contributed by atoms with Crippen molar-refractivity contribution < 1.29 is 17.5 Å². The average Bonchev–Trinajstić information content (AvgIpc) is 2.43. The van der Waals surface area contributed by atoms with Crippen LogP contribution in [-0.4, -0.2) is 16.2 Å². The normalized spacial score (nSPS) is 14.9. The first-order valence-electron chi connectivity index (χ1n) is 6.67. The van der Waals surface area contributed by atoms with E-state index in [0.29, 0.717) is 12.1 Å². The molecule has 0 aromatic heterocycles. The molecule has 0 aliphatic carbocycles. The van der Waals surface area contributed by atoms with Crippen LogP contribution in [0.5, 0.6) is 0 Å². The highest BCUT2D eigenvalue weighted by Crippen LogP contribution is 2.25. The third-order valence-electron chi connectivity index (χ3n) is 2.42. The minimum atomic E-state index is -2.10. The number of hydrogen-bond donors (Lipinski definition) is 0. The van der Waals surface area contributed by atoms with Crippen molar-refractivity contribution in [1.82, 2.24) is 4.65 Å². The summed E-state index contributed by atoms with van der Waals surface area (Å²) in [6.45, 7) is 6.65. The van der Waals surface area contributed by atoms with E-state index in [1.807, 2.05) is 13.0 Å². The number of hydroxylamine groups is 2. The Hall–Kier alpha value is -1.52. The third-order valence-corrected chi connectivity index (χ3v) is 3.31. The predicted molar refractivity (Wildman–Crippen MR) is 82.4 cm³/mol. The van der Waals surface area contributed by atoms with Crippen molar-refractivity contribution in [3.05, 3.63) is 30.3 Å². The van der Waals surface area contributed by atoms with Gasteiger partial charge in [0.1, 0.15) is 0 Å². The second-order valence-corrected chi connectivity index (χ2v) is 5.28. The minimum Gasteiger partial charge on any atom is -0.262 e. The fourth-order valence-electron chi connectivity index (χ4n) is 1.53. The van der Waals surface area contributed by atoms with Crippen molar-refractivity contribution in [3.8, 4) is 12.0 Å². The average molecular weight is 310 g/mol. The van der Waals surface area contributed by atoms with Crippen LogP contribution in [0.1, 0.15) is 34.1 Å². The van der Waals surface area contributed by atoms with Crippen molar-refractivity contribution >= 4 is 23.0 Å². The summed E-state index contributed by atoms with van der Waals surface area (Å²) in [6.07, 6.45) is 0.246. The largest absolute Gasteiger partial charge is 0.362 e. The van der Waals surface area contributed by atoms with Gasteiger partial charge in [-0.1, -0.05) is 25.1 Å². The highest BCUT2D eigenvalue weighted by atomic mass is 32.2. The number of quaternary nitrogens is 1. The van der Waals surface area contributed by atoms with Gasteiger partial charge in [-0.2, -0.15) is 4.21 Å². The van der Waals surface area contributed by atoms with E-state index in [0.717, 1.165) is 0 Å². The van der Waals surface area contributed by atoms with Gasteiger partial charge >= 0.3 is 17.3 Å². The summed E-state index contributed by atoms with van der Waals surface area (Å²) >= 11 is -2.10. The van der Waals surface area contributed by atoms with Gasteiger partial charge in [-0.05, 0) is 24.1 Å². The fourth-order valence-corrected chi connectivity index (χ4v) is 2.29.